The molecule has 1 N–H and O–H groups in total. The summed E-state index contributed by atoms with van der Waals surface area (Å²) in [5, 5.41) is 0. The zero-order valence-corrected chi connectivity index (χ0v) is 12.6. The second-order valence-corrected chi connectivity index (χ2v) is 5.22. The predicted octanol–water partition coefficient (Wildman–Crippen LogP) is 4.11. The minimum absolute atomic E-state index is 0. The average molecular weight is 301 g/mol. The van der Waals surface area contributed by atoms with Crippen molar-refractivity contribution in [3.05, 3.63) is 46.4 Å². The molecule has 0 aromatic carbocycles. The lowest BCUT2D eigenvalue weighted by atomic mass is 9.94. The number of aromatic nitrogens is 1. The fourth-order valence-electron chi connectivity index (χ4n) is 2.04. The minimum Gasteiger partial charge on any atom is -0.381 e. The maximum Gasteiger partial charge on any atom is 0.287 e. The first-order chi connectivity index (χ1) is 9.86. The summed E-state index contributed by atoms with van der Waals surface area (Å²) in [4.78, 5) is 12.8. The number of H-pyrrole nitrogens is 1. The molecule has 0 radical (unpaired) electrons. The molecule has 0 aliphatic carbocycles. The first-order valence-electron chi connectivity index (χ1n) is 7.17. The molecule has 0 saturated carbocycles. The summed E-state index contributed by atoms with van der Waals surface area (Å²) in [7, 11) is 0. The van der Waals surface area contributed by atoms with Gasteiger partial charge in [-0.15, -0.1) is 0 Å². The van der Waals surface area contributed by atoms with Gasteiger partial charge in [-0.2, -0.15) is 8.78 Å². The van der Waals surface area contributed by atoms with Crippen LogP contribution in [0.15, 0.2) is 35.1 Å². The molecule has 2 heterocycles. The standard InChI is InChI=1S/C8H9F2NO.C8H14O.H2/c1-2-8(9,10)6-4-3-5-7(12)11-6;1-7(2)8-3-5-9-6-4-8;/h3-5H,2H2,1H3,(H,11,12);8H,1,3-6H2,2H3;1H. The van der Waals surface area contributed by atoms with Gasteiger partial charge in [-0.05, 0) is 31.7 Å². The quantitative estimate of drug-likeness (QED) is 0.854. The number of rotatable bonds is 3. The lowest BCUT2D eigenvalue weighted by Gasteiger charge is -2.21. The monoisotopic (exact) mass is 301 g/mol. The van der Waals surface area contributed by atoms with E-state index < -0.39 is 11.5 Å². The topological polar surface area (TPSA) is 42.1 Å². The number of alkyl halides is 2. The molecule has 0 atom stereocenters. The Bertz CT molecular complexity index is 511. The van der Waals surface area contributed by atoms with E-state index >= 15 is 0 Å². The van der Waals surface area contributed by atoms with Crippen LogP contribution < -0.4 is 5.56 Å². The minimum atomic E-state index is -2.93. The zero-order valence-electron chi connectivity index (χ0n) is 12.6. The van der Waals surface area contributed by atoms with Gasteiger partial charge >= 0.3 is 0 Å². The number of ether oxygens (including phenoxy) is 1. The van der Waals surface area contributed by atoms with Crippen LogP contribution in [0, 0.1) is 5.92 Å². The van der Waals surface area contributed by atoms with Crippen LogP contribution in [0.3, 0.4) is 0 Å². The van der Waals surface area contributed by atoms with Crippen LogP contribution in [-0.4, -0.2) is 18.2 Å². The summed E-state index contributed by atoms with van der Waals surface area (Å²) >= 11 is 0. The molecule has 1 aliphatic heterocycles. The summed E-state index contributed by atoms with van der Waals surface area (Å²) in [6.45, 7) is 9.25. The second-order valence-electron chi connectivity index (χ2n) is 5.22. The van der Waals surface area contributed by atoms with Crippen molar-refractivity contribution in [2.75, 3.05) is 13.2 Å². The summed E-state index contributed by atoms with van der Waals surface area (Å²) < 4.78 is 31.0. The number of aromatic amines is 1. The Morgan fingerprint density at radius 3 is 2.52 bits per heavy atom. The van der Waals surface area contributed by atoms with E-state index in [0.717, 1.165) is 19.1 Å². The van der Waals surface area contributed by atoms with Crippen molar-refractivity contribution in [2.24, 2.45) is 5.92 Å². The van der Waals surface area contributed by atoms with Crippen LogP contribution in [0.25, 0.3) is 0 Å². The molecule has 0 unspecified atom stereocenters. The van der Waals surface area contributed by atoms with Gasteiger partial charge < -0.3 is 9.72 Å². The number of halogens is 2. The lowest BCUT2D eigenvalue weighted by molar-refractivity contribution is -0.0130. The number of hydrogen-bond donors (Lipinski definition) is 1. The fourth-order valence-corrected chi connectivity index (χ4v) is 2.04. The van der Waals surface area contributed by atoms with Crippen LogP contribution in [0.4, 0.5) is 8.78 Å². The highest BCUT2D eigenvalue weighted by molar-refractivity contribution is 5.09. The molecule has 2 rings (SSSR count). The van der Waals surface area contributed by atoms with Gasteiger partial charge in [0.15, 0.2) is 0 Å². The molecule has 5 heteroatoms. The molecule has 1 aromatic heterocycles. The average Bonchev–Trinajstić information content (AvgIpc) is 2.49. The molecule has 0 bridgehead atoms. The van der Waals surface area contributed by atoms with Crippen LogP contribution in [0.5, 0.6) is 0 Å². The number of nitrogens with one attached hydrogen (secondary N) is 1. The van der Waals surface area contributed by atoms with E-state index in [1.807, 2.05) is 0 Å². The molecule has 3 nitrogen and oxygen atoms in total. The SMILES string of the molecule is C=C(C)C1CCOCC1.CCC(F)(F)c1cccc(=O)[nH]1.[HH]. The normalized spacial score (nSPS) is 16.0. The molecule has 1 fully saturated rings. The highest BCUT2D eigenvalue weighted by Gasteiger charge is 2.29. The van der Waals surface area contributed by atoms with E-state index in [9.17, 15) is 13.6 Å². The molecular weight excluding hydrogens is 276 g/mol. The van der Waals surface area contributed by atoms with Gasteiger partial charge in [0.1, 0.15) is 0 Å². The van der Waals surface area contributed by atoms with E-state index in [2.05, 4.69) is 18.5 Å². The van der Waals surface area contributed by atoms with Gasteiger partial charge in [0.2, 0.25) is 5.56 Å². The van der Waals surface area contributed by atoms with Crippen LogP contribution in [-0.2, 0) is 10.7 Å². The van der Waals surface area contributed by atoms with Gasteiger partial charge in [-0.25, -0.2) is 0 Å². The largest absolute Gasteiger partial charge is 0.381 e. The van der Waals surface area contributed by atoms with Crippen molar-refractivity contribution in [3.63, 3.8) is 0 Å². The molecule has 0 spiro atoms. The Morgan fingerprint density at radius 1 is 1.48 bits per heavy atom. The van der Waals surface area contributed by atoms with Gasteiger partial charge in [0.25, 0.3) is 5.92 Å². The molecule has 21 heavy (non-hydrogen) atoms. The molecule has 1 aromatic rings. The van der Waals surface area contributed by atoms with E-state index in [4.69, 9.17) is 4.74 Å². The summed E-state index contributed by atoms with van der Waals surface area (Å²) in [6.07, 6.45) is 2.04. The van der Waals surface area contributed by atoms with E-state index in [-0.39, 0.29) is 13.5 Å². The third-order valence-electron chi connectivity index (χ3n) is 3.52. The number of allylic oxidation sites excluding steroid dienone is 1. The first kappa shape index (κ1) is 17.6. The highest BCUT2D eigenvalue weighted by atomic mass is 19.3. The van der Waals surface area contributed by atoms with Crippen molar-refractivity contribution < 1.29 is 14.9 Å². The first-order valence-corrected chi connectivity index (χ1v) is 7.17. The van der Waals surface area contributed by atoms with Crippen LogP contribution in [0.1, 0.15) is 40.2 Å². The van der Waals surface area contributed by atoms with Crippen molar-refractivity contribution in [1.82, 2.24) is 4.98 Å². The fraction of sp³-hybridized carbons (Fsp3) is 0.562. The Labute approximate surface area is 125 Å². The maximum absolute atomic E-state index is 12.9. The van der Waals surface area contributed by atoms with Crippen molar-refractivity contribution in [2.45, 2.75) is 39.0 Å². The summed E-state index contributed by atoms with van der Waals surface area (Å²) in [6, 6.07) is 3.73. The van der Waals surface area contributed by atoms with E-state index in [0.29, 0.717) is 0 Å². The van der Waals surface area contributed by atoms with Crippen LogP contribution in [0.2, 0.25) is 0 Å². The maximum atomic E-state index is 12.9. The molecular formula is C16H25F2NO2. The second kappa shape index (κ2) is 8.08. The van der Waals surface area contributed by atoms with Gasteiger partial charge in [-0.3, -0.25) is 4.79 Å². The van der Waals surface area contributed by atoms with E-state index in [1.165, 1.54) is 43.5 Å². The Morgan fingerprint density at radius 2 is 2.10 bits per heavy atom. The smallest absolute Gasteiger partial charge is 0.287 e. The van der Waals surface area contributed by atoms with Gasteiger partial charge in [0.05, 0.1) is 5.69 Å². The number of hydrogen-bond acceptors (Lipinski definition) is 2. The van der Waals surface area contributed by atoms with Gasteiger partial charge in [-0.1, -0.05) is 25.1 Å². The Balaban J connectivity index is 0.000000397. The van der Waals surface area contributed by atoms with Crippen molar-refractivity contribution in [3.8, 4) is 0 Å². The Hall–Kier alpha value is -1.49. The lowest BCUT2D eigenvalue weighted by Crippen LogP contribution is -2.18. The third kappa shape index (κ3) is 5.79. The highest BCUT2D eigenvalue weighted by Crippen LogP contribution is 2.28. The molecule has 120 valence electrons. The Kier molecular flexibility index (Phi) is 6.75. The van der Waals surface area contributed by atoms with Crippen molar-refractivity contribution >= 4 is 0 Å². The van der Waals surface area contributed by atoms with Crippen LogP contribution >= 0.6 is 0 Å². The van der Waals surface area contributed by atoms with E-state index in [1.54, 1.807) is 0 Å². The van der Waals surface area contributed by atoms with Crippen molar-refractivity contribution in [1.29, 1.82) is 0 Å². The van der Waals surface area contributed by atoms with Gasteiger partial charge in [0, 0.05) is 27.1 Å². The molecule has 1 aliphatic rings. The summed E-state index contributed by atoms with van der Waals surface area (Å²) in [5.41, 5.74) is 0.497. The molecule has 1 saturated heterocycles. The molecule has 0 amide bonds. The zero-order chi connectivity index (χ0) is 15.9. The number of pyridine rings is 1. The predicted molar refractivity (Wildman–Crippen MR) is 81.7 cm³/mol. The third-order valence-corrected chi connectivity index (χ3v) is 3.52. The summed E-state index contributed by atoms with van der Waals surface area (Å²) in [5.74, 6) is -2.20.